The van der Waals surface area contributed by atoms with Crippen LogP contribution in [0, 0.1) is 0 Å². The van der Waals surface area contributed by atoms with E-state index in [1.165, 1.54) is 7.11 Å². The fraction of sp³-hybridized carbons (Fsp3) is 0.188. The molecule has 0 bridgehead atoms. The molecule has 4 heteroatoms. The summed E-state index contributed by atoms with van der Waals surface area (Å²) < 4.78 is 5.20. The van der Waals surface area contributed by atoms with E-state index in [2.05, 4.69) is 5.32 Å². The summed E-state index contributed by atoms with van der Waals surface area (Å²) in [7, 11) is 1.53. The monoisotopic (exact) mass is 289 g/mol. The molecule has 3 nitrogen and oxygen atoms in total. The van der Waals surface area contributed by atoms with Gasteiger partial charge in [0.1, 0.15) is 5.75 Å². The summed E-state index contributed by atoms with van der Waals surface area (Å²) in [4.78, 5) is 12.4. The molecule has 20 heavy (non-hydrogen) atoms. The number of hydrogen-bond acceptors (Lipinski definition) is 2. The van der Waals surface area contributed by atoms with Crippen molar-refractivity contribution >= 4 is 23.2 Å². The summed E-state index contributed by atoms with van der Waals surface area (Å²) in [5, 5.41) is 3.40. The van der Waals surface area contributed by atoms with Crippen molar-refractivity contribution in [3.05, 3.63) is 58.6 Å². The molecule has 0 atom stereocenters. The third kappa shape index (κ3) is 3.11. The van der Waals surface area contributed by atoms with Crippen molar-refractivity contribution < 1.29 is 9.53 Å². The number of nitrogens with one attached hydrogen (secondary N) is 1. The zero-order chi connectivity index (χ0) is 14.5. The van der Waals surface area contributed by atoms with Gasteiger partial charge in [-0.25, -0.2) is 0 Å². The maximum atomic E-state index is 12.4. The Morgan fingerprint density at radius 1 is 1.25 bits per heavy atom. The highest BCUT2D eigenvalue weighted by atomic mass is 35.5. The fourth-order valence-electron chi connectivity index (χ4n) is 2.00. The van der Waals surface area contributed by atoms with Crippen molar-refractivity contribution in [2.45, 2.75) is 13.3 Å². The minimum Gasteiger partial charge on any atom is -0.496 e. The number of carbonyl (C=O) groups is 1. The second-order valence-corrected chi connectivity index (χ2v) is 4.75. The molecule has 0 saturated carbocycles. The third-order valence-electron chi connectivity index (χ3n) is 3.05. The highest BCUT2D eigenvalue weighted by Crippen LogP contribution is 2.24. The van der Waals surface area contributed by atoms with Crippen LogP contribution in [0.3, 0.4) is 0 Å². The van der Waals surface area contributed by atoms with Gasteiger partial charge in [0.05, 0.1) is 12.7 Å². The predicted octanol–water partition coefficient (Wildman–Crippen LogP) is 4.16. The first kappa shape index (κ1) is 14.4. The van der Waals surface area contributed by atoms with E-state index in [1.807, 2.05) is 31.2 Å². The van der Waals surface area contributed by atoms with Crippen LogP contribution in [0.25, 0.3) is 0 Å². The molecule has 0 unspecified atom stereocenters. The maximum absolute atomic E-state index is 12.4. The Hall–Kier alpha value is -2.00. The van der Waals surface area contributed by atoms with Crippen LogP contribution in [-0.2, 0) is 6.42 Å². The van der Waals surface area contributed by atoms with Crippen LogP contribution < -0.4 is 10.1 Å². The number of benzene rings is 2. The van der Waals surface area contributed by atoms with Gasteiger partial charge in [0.2, 0.25) is 0 Å². The fourth-order valence-corrected chi connectivity index (χ4v) is 2.17. The molecule has 0 aliphatic heterocycles. The lowest BCUT2D eigenvalue weighted by atomic mass is 10.1. The van der Waals surface area contributed by atoms with Gasteiger partial charge in [-0.15, -0.1) is 0 Å². The molecule has 0 fully saturated rings. The molecule has 0 aliphatic carbocycles. The van der Waals surface area contributed by atoms with Crippen molar-refractivity contribution in [1.29, 1.82) is 0 Å². The average molecular weight is 290 g/mol. The number of hydrogen-bond donors (Lipinski definition) is 1. The average Bonchev–Trinajstić information content (AvgIpc) is 2.47. The van der Waals surface area contributed by atoms with E-state index in [0.29, 0.717) is 16.3 Å². The van der Waals surface area contributed by atoms with Crippen LogP contribution in [0.4, 0.5) is 5.69 Å². The number of halogens is 1. The minimum absolute atomic E-state index is 0.231. The molecule has 1 N–H and O–H groups in total. The van der Waals surface area contributed by atoms with Crippen molar-refractivity contribution in [1.82, 2.24) is 0 Å². The van der Waals surface area contributed by atoms with E-state index in [0.717, 1.165) is 17.7 Å². The number of aryl methyl sites for hydroxylation is 1. The van der Waals surface area contributed by atoms with E-state index in [-0.39, 0.29) is 5.91 Å². The van der Waals surface area contributed by atoms with Crippen molar-refractivity contribution in [3.63, 3.8) is 0 Å². The normalized spacial score (nSPS) is 10.2. The van der Waals surface area contributed by atoms with E-state index < -0.39 is 0 Å². The van der Waals surface area contributed by atoms with E-state index in [4.69, 9.17) is 16.3 Å². The van der Waals surface area contributed by atoms with Gasteiger partial charge in [-0.3, -0.25) is 4.79 Å². The van der Waals surface area contributed by atoms with Gasteiger partial charge >= 0.3 is 0 Å². The molecule has 0 saturated heterocycles. The van der Waals surface area contributed by atoms with E-state index in [1.54, 1.807) is 18.2 Å². The lowest BCUT2D eigenvalue weighted by Gasteiger charge is -2.12. The van der Waals surface area contributed by atoms with Crippen LogP contribution in [0.5, 0.6) is 5.75 Å². The standard InChI is InChI=1S/C16H16ClNO2/c1-3-11-6-4-5-7-14(11)18-16(19)13-10-12(17)8-9-15(13)20-2/h4-10H,3H2,1-2H3,(H,18,19). The summed E-state index contributed by atoms with van der Waals surface area (Å²) in [6, 6.07) is 12.7. The molecule has 2 aromatic rings. The Labute approximate surface area is 123 Å². The van der Waals surface area contributed by atoms with Crippen LogP contribution in [0.1, 0.15) is 22.8 Å². The highest BCUT2D eigenvalue weighted by molar-refractivity contribution is 6.31. The van der Waals surface area contributed by atoms with Gasteiger partial charge in [-0.05, 0) is 36.2 Å². The first-order chi connectivity index (χ1) is 9.65. The Bertz CT molecular complexity index is 626. The quantitative estimate of drug-likeness (QED) is 0.917. The van der Waals surface area contributed by atoms with Crippen molar-refractivity contribution in [3.8, 4) is 5.75 Å². The smallest absolute Gasteiger partial charge is 0.259 e. The number of amides is 1. The van der Waals surface area contributed by atoms with Crippen LogP contribution in [-0.4, -0.2) is 13.0 Å². The molecule has 1 amide bonds. The number of rotatable bonds is 4. The lowest BCUT2D eigenvalue weighted by molar-refractivity contribution is 0.102. The van der Waals surface area contributed by atoms with Gasteiger partial charge in [0.25, 0.3) is 5.91 Å². The second-order valence-electron chi connectivity index (χ2n) is 4.31. The van der Waals surface area contributed by atoms with Gasteiger partial charge in [-0.1, -0.05) is 36.7 Å². The van der Waals surface area contributed by atoms with Crippen molar-refractivity contribution in [2.75, 3.05) is 12.4 Å². The number of para-hydroxylation sites is 1. The van der Waals surface area contributed by atoms with Crippen molar-refractivity contribution in [2.24, 2.45) is 0 Å². The number of anilines is 1. The number of methoxy groups -OCH3 is 1. The lowest BCUT2D eigenvalue weighted by Crippen LogP contribution is -2.14. The Balaban J connectivity index is 2.30. The summed E-state index contributed by atoms with van der Waals surface area (Å²) in [6.07, 6.45) is 0.850. The second kappa shape index (κ2) is 6.44. The SMILES string of the molecule is CCc1ccccc1NC(=O)c1cc(Cl)ccc1OC. The predicted molar refractivity (Wildman–Crippen MR) is 81.8 cm³/mol. The van der Waals surface area contributed by atoms with Crippen LogP contribution in [0.15, 0.2) is 42.5 Å². The van der Waals surface area contributed by atoms with Crippen LogP contribution >= 0.6 is 11.6 Å². The summed E-state index contributed by atoms with van der Waals surface area (Å²) in [6.45, 7) is 2.05. The summed E-state index contributed by atoms with van der Waals surface area (Å²) in [5.74, 6) is 0.270. The summed E-state index contributed by atoms with van der Waals surface area (Å²) >= 11 is 5.94. The van der Waals surface area contributed by atoms with Gasteiger partial charge in [0.15, 0.2) is 0 Å². The first-order valence-corrected chi connectivity index (χ1v) is 6.76. The number of ether oxygens (including phenoxy) is 1. The molecule has 0 radical (unpaired) electrons. The molecular weight excluding hydrogens is 274 g/mol. The minimum atomic E-state index is -0.231. The molecular formula is C16H16ClNO2. The van der Waals surface area contributed by atoms with Gasteiger partial charge < -0.3 is 10.1 Å². The molecule has 0 aromatic heterocycles. The molecule has 0 heterocycles. The first-order valence-electron chi connectivity index (χ1n) is 6.38. The molecule has 104 valence electrons. The van der Waals surface area contributed by atoms with Gasteiger partial charge in [0, 0.05) is 10.7 Å². The molecule has 2 aromatic carbocycles. The zero-order valence-electron chi connectivity index (χ0n) is 11.4. The number of carbonyl (C=O) groups excluding carboxylic acids is 1. The molecule has 0 spiro atoms. The van der Waals surface area contributed by atoms with E-state index >= 15 is 0 Å². The third-order valence-corrected chi connectivity index (χ3v) is 3.29. The molecule has 0 aliphatic rings. The highest BCUT2D eigenvalue weighted by Gasteiger charge is 2.14. The Morgan fingerprint density at radius 3 is 2.70 bits per heavy atom. The Morgan fingerprint density at radius 2 is 2.00 bits per heavy atom. The molecule has 2 rings (SSSR count). The topological polar surface area (TPSA) is 38.3 Å². The zero-order valence-corrected chi connectivity index (χ0v) is 12.2. The van der Waals surface area contributed by atoms with Crippen LogP contribution in [0.2, 0.25) is 5.02 Å². The summed E-state index contributed by atoms with van der Waals surface area (Å²) in [5.41, 5.74) is 2.31. The largest absolute Gasteiger partial charge is 0.496 e. The maximum Gasteiger partial charge on any atom is 0.259 e. The van der Waals surface area contributed by atoms with Gasteiger partial charge in [-0.2, -0.15) is 0 Å². The van der Waals surface area contributed by atoms with E-state index in [9.17, 15) is 4.79 Å². The Kier molecular flexibility index (Phi) is 4.64.